The molecule has 1 fully saturated rings. The summed E-state index contributed by atoms with van der Waals surface area (Å²) in [5.74, 6) is 0.0715. The summed E-state index contributed by atoms with van der Waals surface area (Å²) in [6, 6.07) is 0. The third-order valence-corrected chi connectivity index (χ3v) is 3.17. The predicted molar refractivity (Wildman–Crippen MR) is 69.0 cm³/mol. The minimum absolute atomic E-state index is 0. The first-order valence-electron chi connectivity index (χ1n) is 6.76. The summed E-state index contributed by atoms with van der Waals surface area (Å²) in [7, 11) is 0. The van der Waals surface area contributed by atoms with Crippen LogP contribution in [0.1, 0.15) is 40.0 Å². The quantitative estimate of drug-likeness (QED) is 0.723. The zero-order valence-electron chi connectivity index (χ0n) is 12.8. The van der Waals surface area contributed by atoms with Gasteiger partial charge in [-0.15, -0.1) is 0 Å². The number of carbonyl (C=O) groups is 1. The van der Waals surface area contributed by atoms with Gasteiger partial charge in [-0.05, 0) is 39.5 Å². The first-order chi connectivity index (χ1) is 8.57. The molecule has 1 aliphatic heterocycles. The number of amides is 1. The second-order valence-electron chi connectivity index (χ2n) is 6.20. The van der Waals surface area contributed by atoms with Crippen molar-refractivity contribution in [3.8, 4) is 0 Å². The van der Waals surface area contributed by atoms with Crippen molar-refractivity contribution in [2.24, 2.45) is 5.92 Å². The molecule has 1 heterocycles. The van der Waals surface area contributed by atoms with Gasteiger partial charge in [-0.25, -0.2) is 4.79 Å². The molecule has 0 unspecified atom stereocenters. The molecule has 0 atom stereocenters. The summed E-state index contributed by atoms with van der Waals surface area (Å²) in [4.78, 5) is 13.3. The normalized spacial score (nSPS) is 17.6. The van der Waals surface area contributed by atoms with Crippen LogP contribution in [0.2, 0.25) is 6.32 Å². The van der Waals surface area contributed by atoms with E-state index >= 15 is 0 Å². The number of rotatable bonds is 3. The van der Waals surface area contributed by atoms with E-state index in [1.54, 1.807) is 25.7 Å². The number of hydrogen-bond acceptors (Lipinski definition) is 2. The van der Waals surface area contributed by atoms with Gasteiger partial charge in [0.25, 0.3) is 0 Å². The molecule has 0 aromatic rings. The van der Waals surface area contributed by atoms with Gasteiger partial charge in [0.2, 0.25) is 0 Å². The Kier molecular flexibility index (Phi) is 8.73. The molecule has 0 radical (unpaired) electrons. The molecular weight excluding hydrogens is 297 g/mol. The smallest absolute Gasteiger partial charge is 0.449 e. The minimum Gasteiger partial charge on any atom is -0.449 e. The third-order valence-electron chi connectivity index (χ3n) is 3.17. The molecule has 0 spiro atoms. The van der Waals surface area contributed by atoms with Crippen molar-refractivity contribution in [3.63, 3.8) is 0 Å². The molecule has 0 N–H and O–H groups in total. The van der Waals surface area contributed by atoms with Crippen LogP contribution in [0.4, 0.5) is 17.7 Å². The molecular formula is C12H22BF3KNO2. The van der Waals surface area contributed by atoms with Gasteiger partial charge in [0.1, 0.15) is 5.60 Å². The molecule has 0 saturated carbocycles. The van der Waals surface area contributed by atoms with E-state index in [0.29, 0.717) is 25.9 Å². The van der Waals surface area contributed by atoms with Crippen molar-refractivity contribution in [3.05, 3.63) is 0 Å². The first-order valence-corrected chi connectivity index (χ1v) is 6.76. The van der Waals surface area contributed by atoms with Crippen LogP contribution < -0.4 is 51.4 Å². The van der Waals surface area contributed by atoms with Crippen LogP contribution in [-0.4, -0.2) is 36.7 Å². The van der Waals surface area contributed by atoms with Gasteiger partial charge in [0.15, 0.2) is 0 Å². The number of piperidine rings is 1. The number of likely N-dealkylation sites (tertiary alicyclic amines) is 1. The number of halogens is 3. The van der Waals surface area contributed by atoms with Crippen molar-refractivity contribution in [2.75, 3.05) is 13.1 Å². The van der Waals surface area contributed by atoms with Gasteiger partial charge >= 0.3 is 64.5 Å². The van der Waals surface area contributed by atoms with Crippen LogP contribution in [0.5, 0.6) is 0 Å². The van der Waals surface area contributed by atoms with E-state index in [4.69, 9.17) is 4.74 Å². The van der Waals surface area contributed by atoms with Gasteiger partial charge in [-0.2, -0.15) is 0 Å². The van der Waals surface area contributed by atoms with Crippen LogP contribution in [0.25, 0.3) is 0 Å². The van der Waals surface area contributed by atoms with Crippen LogP contribution in [0.15, 0.2) is 0 Å². The average molecular weight is 319 g/mol. The van der Waals surface area contributed by atoms with Gasteiger partial charge in [0, 0.05) is 13.1 Å². The molecule has 0 aromatic carbocycles. The van der Waals surface area contributed by atoms with Crippen molar-refractivity contribution in [1.82, 2.24) is 4.90 Å². The zero-order valence-corrected chi connectivity index (χ0v) is 15.9. The monoisotopic (exact) mass is 319 g/mol. The Balaban J connectivity index is 0.00000361. The molecule has 1 aliphatic rings. The standard InChI is InChI=1S/C12H22BF3NO2.K/c1-12(2,3)19-11(18)17-8-5-10(6-9-17)4-7-13(14,15)16;/h10H,4-9H2,1-3H3;/q-1;+1. The Bertz CT molecular complexity index is 313. The summed E-state index contributed by atoms with van der Waals surface area (Å²) in [5, 5.41) is 0. The molecule has 0 aliphatic carbocycles. The fourth-order valence-corrected chi connectivity index (χ4v) is 2.16. The molecule has 1 saturated heterocycles. The number of hydrogen-bond donors (Lipinski definition) is 0. The molecule has 8 heteroatoms. The third kappa shape index (κ3) is 8.92. The van der Waals surface area contributed by atoms with E-state index < -0.39 is 18.9 Å². The fraction of sp³-hybridized carbons (Fsp3) is 0.917. The van der Waals surface area contributed by atoms with Gasteiger partial charge in [0.05, 0.1) is 0 Å². The summed E-state index contributed by atoms with van der Waals surface area (Å²) < 4.78 is 41.8. The first kappa shape index (κ1) is 20.8. The van der Waals surface area contributed by atoms with Crippen molar-refractivity contribution < 1.29 is 73.9 Å². The van der Waals surface area contributed by atoms with Crippen LogP contribution in [0.3, 0.4) is 0 Å². The maximum atomic E-state index is 12.2. The van der Waals surface area contributed by atoms with Crippen LogP contribution >= 0.6 is 0 Å². The second kappa shape index (κ2) is 8.41. The second-order valence-corrected chi connectivity index (χ2v) is 6.20. The van der Waals surface area contributed by atoms with E-state index in [1.165, 1.54) is 0 Å². The van der Waals surface area contributed by atoms with Crippen LogP contribution in [0, 0.1) is 5.92 Å². The summed E-state index contributed by atoms with van der Waals surface area (Å²) in [5.41, 5.74) is -0.535. The Morgan fingerprint density at radius 1 is 1.25 bits per heavy atom. The zero-order chi connectivity index (χ0) is 14.7. The van der Waals surface area contributed by atoms with Crippen molar-refractivity contribution >= 4 is 13.1 Å². The Hall–Kier alpha value is 0.761. The maximum absolute atomic E-state index is 12.2. The molecule has 0 aromatic heterocycles. The number of carbonyl (C=O) groups excluding carboxylic acids is 1. The molecule has 20 heavy (non-hydrogen) atoms. The number of nitrogens with zero attached hydrogens (tertiary/aromatic N) is 1. The molecule has 112 valence electrons. The summed E-state index contributed by atoms with van der Waals surface area (Å²) in [6.07, 6.45) is 0.408. The van der Waals surface area contributed by atoms with Gasteiger partial charge < -0.3 is 22.6 Å². The minimum atomic E-state index is -4.68. The molecule has 3 nitrogen and oxygen atoms in total. The average Bonchev–Trinajstić information content (AvgIpc) is 2.23. The van der Waals surface area contributed by atoms with Gasteiger partial charge in [-0.1, -0.05) is 12.7 Å². The van der Waals surface area contributed by atoms with E-state index in [2.05, 4.69) is 0 Å². The topological polar surface area (TPSA) is 29.5 Å². The number of ether oxygens (including phenoxy) is 1. The summed E-state index contributed by atoms with van der Waals surface area (Å²) in [6.45, 7) is 1.68. The summed E-state index contributed by atoms with van der Waals surface area (Å²) >= 11 is 0. The van der Waals surface area contributed by atoms with E-state index in [-0.39, 0.29) is 69.8 Å². The van der Waals surface area contributed by atoms with Gasteiger partial charge in [-0.3, -0.25) is 0 Å². The van der Waals surface area contributed by atoms with Crippen molar-refractivity contribution in [1.29, 1.82) is 0 Å². The molecule has 0 bridgehead atoms. The van der Waals surface area contributed by atoms with E-state index in [9.17, 15) is 17.7 Å². The Morgan fingerprint density at radius 3 is 2.15 bits per heavy atom. The van der Waals surface area contributed by atoms with Crippen molar-refractivity contribution in [2.45, 2.75) is 52.0 Å². The van der Waals surface area contributed by atoms with E-state index in [1.807, 2.05) is 0 Å². The van der Waals surface area contributed by atoms with E-state index in [0.717, 1.165) is 0 Å². The Morgan fingerprint density at radius 2 is 1.75 bits per heavy atom. The molecule has 1 amide bonds. The predicted octanol–water partition coefficient (Wildman–Crippen LogP) is 0.875. The van der Waals surface area contributed by atoms with Crippen LogP contribution in [-0.2, 0) is 4.74 Å². The maximum Gasteiger partial charge on any atom is 1.00 e. The fourth-order valence-electron chi connectivity index (χ4n) is 2.16. The molecule has 1 rings (SSSR count). The Labute approximate surface area is 161 Å². The SMILES string of the molecule is CC(C)(C)OC(=O)N1CCC(CC[B-](F)(F)F)CC1.[K+]. The largest absolute Gasteiger partial charge is 1.00 e.